The van der Waals surface area contributed by atoms with Gasteiger partial charge >= 0.3 is 0 Å². The van der Waals surface area contributed by atoms with Crippen LogP contribution in [0.4, 0.5) is 0 Å². The minimum Gasteiger partial charge on any atom is -0.456 e. The lowest BCUT2D eigenvalue weighted by Crippen LogP contribution is -2.15. The fraction of sp³-hybridized carbons (Fsp3) is 0.0545. The van der Waals surface area contributed by atoms with E-state index < -0.39 is 0 Å². The van der Waals surface area contributed by atoms with E-state index in [0.29, 0.717) is 0 Å². The summed E-state index contributed by atoms with van der Waals surface area (Å²) in [5.74, 6) is 0. The van der Waals surface area contributed by atoms with Crippen LogP contribution in [0.5, 0.6) is 0 Å². The van der Waals surface area contributed by atoms with Crippen LogP contribution in [0.1, 0.15) is 25.0 Å². The van der Waals surface area contributed by atoms with Gasteiger partial charge in [-0.05, 0) is 129 Å². The standard InChI is InChI=1S/C55H36O/c1-55(2)47-29-27-44-43(28-30-50-54(44)46-17-9-10-18-49(46)56-50)53(47)45-26-25-37(32-48(45)55)34-19-22-35(23-20-34)51-39-13-5-7-15-41(39)52(42-16-8-6-14-40(42)51)38-24-21-33-11-3-4-12-36(33)31-38/h3-32H,1-2H3. The first-order valence-corrected chi connectivity index (χ1v) is 19.6. The predicted molar refractivity (Wildman–Crippen MR) is 238 cm³/mol. The normalized spacial score (nSPS) is 13.3. The number of furan rings is 1. The third-order valence-corrected chi connectivity index (χ3v) is 12.7. The van der Waals surface area contributed by atoms with Crippen LogP contribution in [0.15, 0.2) is 186 Å². The maximum atomic E-state index is 6.27. The second-order valence-corrected chi connectivity index (χ2v) is 16.0. The number of fused-ring (bicyclic) bond motifs is 12. The summed E-state index contributed by atoms with van der Waals surface area (Å²) < 4.78 is 6.27. The molecule has 0 saturated carbocycles. The molecule has 1 aliphatic carbocycles. The van der Waals surface area contributed by atoms with E-state index in [1.54, 1.807) is 0 Å². The Morgan fingerprint density at radius 2 is 0.893 bits per heavy atom. The molecule has 0 bridgehead atoms. The SMILES string of the molecule is CC1(C)c2cc(-c3ccc(-c4c5ccccc5c(-c5ccc6ccccc6c5)c5ccccc45)cc3)ccc2-c2c1ccc1c2ccc2oc3ccccc3c21. The Hall–Kier alpha value is -6.96. The molecule has 262 valence electrons. The van der Waals surface area contributed by atoms with Crippen LogP contribution in [0, 0.1) is 0 Å². The van der Waals surface area contributed by atoms with Crippen LogP contribution >= 0.6 is 0 Å². The maximum Gasteiger partial charge on any atom is 0.136 e. The summed E-state index contributed by atoms with van der Waals surface area (Å²) in [5.41, 5.74) is 14.7. The highest BCUT2D eigenvalue weighted by molar-refractivity contribution is 6.23. The van der Waals surface area contributed by atoms with Gasteiger partial charge in [0.15, 0.2) is 0 Å². The molecule has 0 saturated heterocycles. The molecule has 11 aromatic rings. The molecule has 12 rings (SSSR count). The molecule has 1 nitrogen and oxygen atoms in total. The summed E-state index contributed by atoms with van der Waals surface area (Å²) in [6, 6.07) is 67.2. The van der Waals surface area contributed by atoms with E-state index in [-0.39, 0.29) is 5.41 Å². The molecule has 0 amide bonds. The number of rotatable bonds is 3. The first kappa shape index (κ1) is 31.4. The van der Waals surface area contributed by atoms with Crippen molar-refractivity contribution < 1.29 is 4.42 Å². The van der Waals surface area contributed by atoms with Crippen molar-refractivity contribution in [2.45, 2.75) is 19.3 Å². The molecule has 1 aliphatic rings. The second-order valence-electron chi connectivity index (χ2n) is 16.0. The van der Waals surface area contributed by atoms with E-state index in [4.69, 9.17) is 4.42 Å². The summed E-state index contributed by atoms with van der Waals surface area (Å²) >= 11 is 0. The van der Waals surface area contributed by atoms with Crippen LogP contribution < -0.4 is 0 Å². The van der Waals surface area contributed by atoms with Gasteiger partial charge in [0.1, 0.15) is 11.2 Å². The largest absolute Gasteiger partial charge is 0.456 e. The minimum atomic E-state index is -0.132. The third kappa shape index (κ3) is 4.37. The van der Waals surface area contributed by atoms with Gasteiger partial charge in [-0.25, -0.2) is 0 Å². The lowest BCUT2D eigenvalue weighted by atomic mass is 9.81. The van der Waals surface area contributed by atoms with Gasteiger partial charge in [0.2, 0.25) is 0 Å². The highest BCUT2D eigenvalue weighted by atomic mass is 16.3. The third-order valence-electron chi connectivity index (χ3n) is 12.7. The molecule has 0 radical (unpaired) electrons. The van der Waals surface area contributed by atoms with Crippen molar-refractivity contribution >= 4 is 65.0 Å². The van der Waals surface area contributed by atoms with E-state index in [9.17, 15) is 0 Å². The van der Waals surface area contributed by atoms with E-state index in [1.165, 1.54) is 109 Å². The van der Waals surface area contributed by atoms with Gasteiger partial charge in [-0.3, -0.25) is 0 Å². The molecular formula is C55H36O. The fourth-order valence-corrected chi connectivity index (χ4v) is 9.97. The quantitative estimate of drug-likeness (QED) is 0.166. The van der Waals surface area contributed by atoms with Gasteiger partial charge < -0.3 is 4.42 Å². The molecule has 1 heteroatoms. The van der Waals surface area contributed by atoms with Crippen molar-refractivity contribution in [2.24, 2.45) is 0 Å². The molecular weight excluding hydrogens is 677 g/mol. The Morgan fingerprint density at radius 1 is 0.339 bits per heavy atom. The van der Waals surface area contributed by atoms with Crippen molar-refractivity contribution in [1.82, 2.24) is 0 Å². The highest BCUT2D eigenvalue weighted by Gasteiger charge is 2.37. The lowest BCUT2D eigenvalue weighted by Gasteiger charge is -2.22. The van der Waals surface area contributed by atoms with Crippen LogP contribution in [0.3, 0.4) is 0 Å². The zero-order chi connectivity index (χ0) is 37.1. The summed E-state index contributed by atoms with van der Waals surface area (Å²) in [7, 11) is 0. The average molecular weight is 713 g/mol. The van der Waals surface area contributed by atoms with Crippen molar-refractivity contribution in [3.8, 4) is 44.5 Å². The Balaban J connectivity index is 0.979. The summed E-state index contributed by atoms with van der Waals surface area (Å²) in [6.45, 7) is 4.75. The van der Waals surface area contributed by atoms with Crippen molar-refractivity contribution in [2.75, 3.05) is 0 Å². The molecule has 0 aliphatic heterocycles. The molecule has 10 aromatic carbocycles. The van der Waals surface area contributed by atoms with Crippen molar-refractivity contribution in [3.05, 3.63) is 193 Å². The van der Waals surface area contributed by atoms with Crippen molar-refractivity contribution in [3.63, 3.8) is 0 Å². The van der Waals surface area contributed by atoms with E-state index in [0.717, 1.165) is 11.2 Å². The monoisotopic (exact) mass is 712 g/mol. The van der Waals surface area contributed by atoms with Crippen LogP contribution in [-0.2, 0) is 5.41 Å². The number of benzene rings is 10. The first-order chi connectivity index (χ1) is 27.5. The molecule has 0 spiro atoms. The van der Waals surface area contributed by atoms with E-state index in [2.05, 4.69) is 190 Å². The fourth-order valence-electron chi connectivity index (χ4n) is 9.97. The van der Waals surface area contributed by atoms with E-state index >= 15 is 0 Å². The molecule has 1 aromatic heterocycles. The van der Waals surface area contributed by atoms with Crippen LogP contribution in [0.25, 0.3) is 110 Å². The van der Waals surface area contributed by atoms with Gasteiger partial charge in [0, 0.05) is 16.2 Å². The smallest absolute Gasteiger partial charge is 0.136 e. The first-order valence-electron chi connectivity index (χ1n) is 19.6. The summed E-state index contributed by atoms with van der Waals surface area (Å²) in [5, 5.41) is 12.5. The Kier molecular flexibility index (Phi) is 6.46. The van der Waals surface area contributed by atoms with Crippen LogP contribution in [-0.4, -0.2) is 0 Å². The molecule has 0 N–H and O–H groups in total. The Bertz CT molecular complexity index is 3370. The number of hydrogen-bond acceptors (Lipinski definition) is 1. The van der Waals surface area contributed by atoms with Crippen LogP contribution in [0.2, 0.25) is 0 Å². The number of hydrogen-bond donors (Lipinski definition) is 0. The van der Waals surface area contributed by atoms with Gasteiger partial charge in [-0.15, -0.1) is 0 Å². The van der Waals surface area contributed by atoms with Gasteiger partial charge in [0.25, 0.3) is 0 Å². The van der Waals surface area contributed by atoms with Crippen molar-refractivity contribution in [1.29, 1.82) is 0 Å². The molecule has 1 heterocycles. The summed E-state index contributed by atoms with van der Waals surface area (Å²) in [4.78, 5) is 0. The minimum absolute atomic E-state index is 0.132. The predicted octanol–water partition coefficient (Wildman–Crippen LogP) is 15.5. The van der Waals surface area contributed by atoms with E-state index in [1.807, 2.05) is 6.07 Å². The lowest BCUT2D eigenvalue weighted by molar-refractivity contribution is 0.661. The van der Waals surface area contributed by atoms with Gasteiger partial charge in [-0.1, -0.05) is 166 Å². The Morgan fingerprint density at radius 3 is 1.62 bits per heavy atom. The molecule has 0 atom stereocenters. The summed E-state index contributed by atoms with van der Waals surface area (Å²) in [6.07, 6.45) is 0. The Labute approximate surface area is 325 Å². The average Bonchev–Trinajstić information content (AvgIpc) is 3.74. The maximum absolute atomic E-state index is 6.27. The zero-order valence-corrected chi connectivity index (χ0v) is 31.2. The van der Waals surface area contributed by atoms with Gasteiger partial charge in [0.05, 0.1) is 0 Å². The van der Waals surface area contributed by atoms with Gasteiger partial charge in [-0.2, -0.15) is 0 Å². The zero-order valence-electron chi connectivity index (χ0n) is 31.2. The molecule has 0 fully saturated rings. The molecule has 56 heavy (non-hydrogen) atoms. The number of para-hydroxylation sites is 1. The second kappa shape index (κ2) is 11.5. The molecule has 0 unspecified atom stereocenters. The topological polar surface area (TPSA) is 13.1 Å². The highest BCUT2D eigenvalue weighted by Crippen LogP contribution is 2.53.